The predicted octanol–water partition coefficient (Wildman–Crippen LogP) is -0.367. The molecule has 6 heteroatoms. The second-order valence-electron chi connectivity index (χ2n) is 3.15. The summed E-state index contributed by atoms with van der Waals surface area (Å²) >= 11 is 0. The number of nitrogens with one attached hydrogen (secondary N) is 1. The lowest BCUT2D eigenvalue weighted by Gasteiger charge is -2.33. The molecular weight excluding hydrogens is 182 g/mol. The maximum atomic E-state index is 12.3. The topological polar surface area (TPSA) is 72.2 Å². The van der Waals surface area contributed by atoms with Crippen LogP contribution in [0, 0.1) is 5.92 Å². The molecule has 13 heavy (non-hydrogen) atoms. The highest BCUT2D eigenvalue weighted by Crippen LogP contribution is 2.42. The third kappa shape index (κ3) is 2.64. The molecule has 0 radical (unpaired) electrons. The second kappa shape index (κ2) is 3.27. The molecule has 4 nitrogen and oxygen atoms in total. The average Bonchev–Trinajstić information content (AvgIpc) is 1.95. The molecule has 0 aromatic rings. The molecule has 0 spiro atoms. The van der Waals surface area contributed by atoms with E-state index in [1.165, 1.54) is 0 Å². The van der Waals surface area contributed by atoms with Gasteiger partial charge in [0.1, 0.15) is 0 Å². The van der Waals surface area contributed by atoms with Crippen LogP contribution in [0.25, 0.3) is 0 Å². The van der Waals surface area contributed by atoms with Crippen LogP contribution >= 0.6 is 0 Å². The van der Waals surface area contributed by atoms with Gasteiger partial charge >= 0.3 is 0 Å². The maximum absolute atomic E-state index is 12.3. The normalized spacial score (nSPS) is 20.5. The molecule has 1 aliphatic rings. The van der Waals surface area contributed by atoms with Crippen LogP contribution in [0.5, 0.6) is 0 Å². The molecule has 0 aromatic heterocycles. The maximum Gasteiger partial charge on any atom is 0.249 e. The molecule has 0 aliphatic heterocycles. The van der Waals surface area contributed by atoms with Crippen molar-refractivity contribution in [3.05, 3.63) is 0 Å². The molecule has 0 bridgehead atoms. The minimum atomic E-state index is -2.71. The minimum Gasteiger partial charge on any atom is -0.368 e. The Morgan fingerprint density at radius 1 is 1.46 bits per heavy atom. The smallest absolute Gasteiger partial charge is 0.249 e. The van der Waals surface area contributed by atoms with E-state index in [4.69, 9.17) is 5.73 Å². The fraction of sp³-hybridized carbons (Fsp3) is 0.714. The number of primary amides is 1. The quantitative estimate of drug-likeness (QED) is 0.640. The highest BCUT2D eigenvalue weighted by atomic mass is 19.3. The molecular formula is C7H10F2N2O2. The molecule has 1 saturated carbocycles. The molecule has 0 unspecified atom stereocenters. The van der Waals surface area contributed by atoms with Gasteiger partial charge < -0.3 is 11.1 Å². The summed E-state index contributed by atoms with van der Waals surface area (Å²) in [4.78, 5) is 21.2. The molecule has 0 aromatic carbocycles. The van der Waals surface area contributed by atoms with Crippen LogP contribution in [-0.4, -0.2) is 24.3 Å². The van der Waals surface area contributed by atoms with Crippen LogP contribution in [0.4, 0.5) is 8.78 Å². The number of hydrogen-bond donors (Lipinski definition) is 2. The van der Waals surface area contributed by atoms with Crippen molar-refractivity contribution in [2.75, 3.05) is 6.54 Å². The van der Waals surface area contributed by atoms with Crippen LogP contribution in [0.2, 0.25) is 0 Å². The molecule has 1 fully saturated rings. The summed E-state index contributed by atoms with van der Waals surface area (Å²) in [6.07, 6.45) is -0.866. The Kier molecular flexibility index (Phi) is 2.49. The Balaban J connectivity index is 2.23. The lowest BCUT2D eigenvalue weighted by atomic mass is 9.81. The van der Waals surface area contributed by atoms with Gasteiger partial charge in [0, 0.05) is 18.8 Å². The summed E-state index contributed by atoms with van der Waals surface area (Å²) in [5, 5.41) is 2.17. The zero-order valence-electron chi connectivity index (χ0n) is 6.85. The molecule has 0 atom stereocenters. The van der Waals surface area contributed by atoms with Crippen molar-refractivity contribution in [2.45, 2.75) is 18.8 Å². The van der Waals surface area contributed by atoms with Crippen molar-refractivity contribution in [2.24, 2.45) is 11.7 Å². The van der Waals surface area contributed by atoms with Gasteiger partial charge in [0.05, 0.1) is 6.54 Å². The first kappa shape index (κ1) is 9.88. The summed E-state index contributed by atoms with van der Waals surface area (Å²) in [5.74, 6) is -4.59. The lowest BCUT2D eigenvalue weighted by Crippen LogP contribution is -2.46. The minimum absolute atomic E-state index is 0.291. The number of nitrogens with two attached hydrogens (primary N) is 1. The third-order valence-corrected chi connectivity index (χ3v) is 1.90. The predicted molar refractivity (Wildman–Crippen MR) is 39.9 cm³/mol. The highest BCUT2D eigenvalue weighted by Gasteiger charge is 2.48. The van der Waals surface area contributed by atoms with Crippen LogP contribution in [-0.2, 0) is 9.59 Å². The van der Waals surface area contributed by atoms with Crippen LogP contribution < -0.4 is 11.1 Å². The van der Waals surface area contributed by atoms with E-state index >= 15 is 0 Å². The first-order valence-corrected chi connectivity index (χ1v) is 3.84. The molecule has 0 heterocycles. The molecule has 3 N–H and O–H groups in total. The summed E-state index contributed by atoms with van der Waals surface area (Å²) in [7, 11) is 0. The molecule has 2 amide bonds. The highest BCUT2D eigenvalue weighted by molar-refractivity contribution is 5.85. The van der Waals surface area contributed by atoms with Crippen molar-refractivity contribution >= 4 is 11.8 Å². The fourth-order valence-electron chi connectivity index (χ4n) is 1.17. The second-order valence-corrected chi connectivity index (χ2v) is 3.15. The Hall–Kier alpha value is -1.20. The summed E-state index contributed by atoms with van der Waals surface area (Å²) < 4.78 is 24.6. The van der Waals surface area contributed by atoms with E-state index in [-0.39, 0.29) is 6.54 Å². The van der Waals surface area contributed by atoms with Crippen LogP contribution in [0.1, 0.15) is 12.8 Å². The SMILES string of the molecule is NC(=O)CNC(=O)C1CC(F)(F)C1. The fourth-order valence-corrected chi connectivity index (χ4v) is 1.17. The Labute approximate surface area is 73.5 Å². The van der Waals surface area contributed by atoms with E-state index in [1.54, 1.807) is 0 Å². The Morgan fingerprint density at radius 2 is 2.00 bits per heavy atom. The number of amides is 2. The standard InChI is InChI=1S/C7H10F2N2O2/c8-7(9)1-4(2-7)6(13)11-3-5(10)12/h4H,1-3H2,(H2,10,12)(H,11,13). The summed E-state index contributed by atoms with van der Waals surface area (Å²) in [6, 6.07) is 0. The zero-order chi connectivity index (χ0) is 10.1. The molecule has 1 rings (SSSR count). The summed E-state index contributed by atoms with van der Waals surface area (Å²) in [5.41, 5.74) is 4.75. The first-order chi connectivity index (χ1) is 5.91. The van der Waals surface area contributed by atoms with Crippen LogP contribution in [0.15, 0.2) is 0 Å². The number of carbonyl (C=O) groups excluding carboxylic acids is 2. The van der Waals surface area contributed by atoms with Crippen molar-refractivity contribution in [3.8, 4) is 0 Å². The Bertz CT molecular complexity index is 235. The number of rotatable bonds is 3. The van der Waals surface area contributed by atoms with Gasteiger partial charge in [-0.3, -0.25) is 9.59 Å². The van der Waals surface area contributed by atoms with E-state index in [9.17, 15) is 18.4 Å². The van der Waals surface area contributed by atoms with E-state index < -0.39 is 36.5 Å². The van der Waals surface area contributed by atoms with Crippen molar-refractivity contribution in [1.29, 1.82) is 0 Å². The summed E-state index contributed by atoms with van der Waals surface area (Å²) in [6.45, 7) is -0.291. The van der Waals surface area contributed by atoms with Gasteiger partial charge in [-0.15, -0.1) is 0 Å². The van der Waals surface area contributed by atoms with E-state index in [0.29, 0.717) is 0 Å². The molecule has 74 valence electrons. The van der Waals surface area contributed by atoms with Crippen LogP contribution in [0.3, 0.4) is 0 Å². The number of alkyl halides is 2. The van der Waals surface area contributed by atoms with Gasteiger partial charge in [-0.2, -0.15) is 0 Å². The van der Waals surface area contributed by atoms with Crippen molar-refractivity contribution in [3.63, 3.8) is 0 Å². The molecule has 1 aliphatic carbocycles. The zero-order valence-corrected chi connectivity index (χ0v) is 6.85. The number of halogens is 2. The van der Waals surface area contributed by atoms with Gasteiger partial charge in [0.25, 0.3) is 0 Å². The van der Waals surface area contributed by atoms with Crippen molar-refractivity contribution in [1.82, 2.24) is 5.32 Å². The largest absolute Gasteiger partial charge is 0.368 e. The lowest BCUT2D eigenvalue weighted by molar-refractivity contribution is -0.150. The molecule has 0 saturated heterocycles. The first-order valence-electron chi connectivity index (χ1n) is 3.84. The van der Waals surface area contributed by atoms with Crippen molar-refractivity contribution < 1.29 is 18.4 Å². The van der Waals surface area contributed by atoms with Gasteiger partial charge in [0.15, 0.2) is 0 Å². The van der Waals surface area contributed by atoms with E-state index in [1.807, 2.05) is 0 Å². The number of hydrogen-bond acceptors (Lipinski definition) is 2. The van der Waals surface area contributed by atoms with Gasteiger partial charge in [-0.25, -0.2) is 8.78 Å². The van der Waals surface area contributed by atoms with E-state index in [2.05, 4.69) is 5.32 Å². The number of carbonyl (C=O) groups is 2. The monoisotopic (exact) mass is 192 g/mol. The Morgan fingerprint density at radius 3 is 2.38 bits per heavy atom. The van der Waals surface area contributed by atoms with E-state index in [0.717, 1.165) is 0 Å². The van der Waals surface area contributed by atoms with Gasteiger partial charge in [-0.1, -0.05) is 0 Å². The third-order valence-electron chi connectivity index (χ3n) is 1.90. The van der Waals surface area contributed by atoms with Gasteiger partial charge in [0.2, 0.25) is 17.7 Å². The average molecular weight is 192 g/mol. The van der Waals surface area contributed by atoms with Gasteiger partial charge in [-0.05, 0) is 0 Å².